The van der Waals surface area contributed by atoms with Crippen LogP contribution in [0.2, 0.25) is 0 Å². The van der Waals surface area contributed by atoms with Gasteiger partial charge in [0.2, 0.25) is 0 Å². The van der Waals surface area contributed by atoms with Crippen molar-refractivity contribution >= 4 is 11.9 Å². The zero-order valence-electron chi connectivity index (χ0n) is 8.06. The molecule has 0 saturated heterocycles. The van der Waals surface area contributed by atoms with Gasteiger partial charge in [0, 0.05) is 24.9 Å². The molecule has 0 bridgehead atoms. The van der Waals surface area contributed by atoms with Gasteiger partial charge in [-0.05, 0) is 6.07 Å². The number of nitrogens with one attached hydrogen (secondary N) is 1. The van der Waals surface area contributed by atoms with Gasteiger partial charge in [-0.3, -0.25) is 14.4 Å². The normalized spacial score (nSPS) is 9.67. The number of aromatic nitrogens is 1. The third-order valence-corrected chi connectivity index (χ3v) is 1.77. The predicted molar refractivity (Wildman–Crippen MR) is 51.7 cm³/mol. The third kappa shape index (κ3) is 2.94. The minimum Gasteiger partial charge on any atom is -0.480 e. The van der Waals surface area contributed by atoms with Crippen molar-refractivity contribution in [2.75, 3.05) is 6.54 Å². The van der Waals surface area contributed by atoms with E-state index in [2.05, 4.69) is 5.32 Å². The van der Waals surface area contributed by atoms with Gasteiger partial charge in [0.05, 0.1) is 0 Å². The lowest BCUT2D eigenvalue weighted by molar-refractivity contribution is -0.135. The van der Waals surface area contributed by atoms with Gasteiger partial charge < -0.3 is 15.0 Å². The largest absolute Gasteiger partial charge is 0.480 e. The molecule has 6 nitrogen and oxygen atoms in total. The van der Waals surface area contributed by atoms with Crippen LogP contribution in [-0.4, -0.2) is 28.1 Å². The Morgan fingerprint density at radius 1 is 1.53 bits per heavy atom. The van der Waals surface area contributed by atoms with Crippen LogP contribution < -0.4 is 10.9 Å². The second kappa shape index (κ2) is 4.41. The smallest absolute Gasteiger partial charge is 0.322 e. The molecule has 15 heavy (non-hydrogen) atoms. The van der Waals surface area contributed by atoms with Gasteiger partial charge in [0.25, 0.3) is 11.5 Å². The maximum atomic E-state index is 11.3. The van der Waals surface area contributed by atoms with E-state index in [-0.39, 0.29) is 11.1 Å². The summed E-state index contributed by atoms with van der Waals surface area (Å²) in [6, 6.07) is 2.59. The number of pyridine rings is 1. The van der Waals surface area contributed by atoms with E-state index in [1.807, 2.05) is 0 Å². The second-order valence-electron chi connectivity index (χ2n) is 2.94. The fraction of sp³-hybridized carbons (Fsp3) is 0.222. The van der Waals surface area contributed by atoms with E-state index in [1.165, 1.54) is 16.8 Å². The summed E-state index contributed by atoms with van der Waals surface area (Å²) in [4.78, 5) is 32.6. The summed E-state index contributed by atoms with van der Waals surface area (Å²) in [5, 5.41) is 10.5. The SMILES string of the molecule is Cn1ccc(C(=O)NCC(=O)O)cc1=O. The molecule has 0 fully saturated rings. The van der Waals surface area contributed by atoms with Crippen molar-refractivity contribution < 1.29 is 14.7 Å². The van der Waals surface area contributed by atoms with E-state index in [1.54, 1.807) is 7.05 Å². The number of aliphatic carboxylic acids is 1. The van der Waals surface area contributed by atoms with Crippen LogP contribution in [0.15, 0.2) is 23.1 Å². The first kappa shape index (κ1) is 11.0. The highest BCUT2D eigenvalue weighted by atomic mass is 16.4. The average molecular weight is 210 g/mol. The molecule has 0 aliphatic heterocycles. The number of carboxylic acid groups (broad SMARTS) is 1. The Hall–Kier alpha value is -2.11. The van der Waals surface area contributed by atoms with Crippen molar-refractivity contribution in [2.24, 2.45) is 7.05 Å². The molecular weight excluding hydrogens is 200 g/mol. The van der Waals surface area contributed by atoms with E-state index in [4.69, 9.17) is 5.11 Å². The molecule has 1 aromatic rings. The van der Waals surface area contributed by atoms with Crippen LogP contribution in [0.1, 0.15) is 10.4 Å². The van der Waals surface area contributed by atoms with Crippen molar-refractivity contribution in [2.45, 2.75) is 0 Å². The number of nitrogens with zero attached hydrogens (tertiary/aromatic N) is 1. The van der Waals surface area contributed by atoms with Gasteiger partial charge >= 0.3 is 5.97 Å². The summed E-state index contributed by atoms with van der Waals surface area (Å²) in [6.45, 7) is -0.464. The van der Waals surface area contributed by atoms with E-state index in [0.29, 0.717) is 0 Å². The fourth-order valence-corrected chi connectivity index (χ4v) is 0.948. The van der Waals surface area contributed by atoms with Gasteiger partial charge in [0.15, 0.2) is 0 Å². The van der Waals surface area contributed by atoms with Gasteiger partial charge in [-0.25, -0.2) is 0 Å². The third-order valence-electron chi connectivity index (χ3n) is 1.77. The number of hydrogen-bond acceptors (Lipinski definition) is 3. The van der Waals surface area contributed by atoms with E-state index < -0.39 is 18.4 Å². The Kier molecular flexibility index (Phi) is 3.22. The first-order chi connectivity index (χ1) is 7.00. The Morgan fingerprint density at radius 2 is 2.20 bits per heavy atom. The summed E-state index contributed by atoms with van der Waals surface area (Å²) in [5.41, 5.74) is -0.169. The van der Waals surface area contributed by atoms with Crippen LogP contribution in [-0.2, 0) is 11.8 Å². The standard InChI is InChI=1S/C9H10N2O4/c1-11-3-2-6(4-7(11)12)9(15)10-5-8(13)14/h2-4H,5H2,1H3,(H,10,15)(H,13,14). The van der Waals surface area contributed by atoms with Crippen molar-refractivity contribution in [3.8, 4) is 0 Å². The molecule has 0 atom stereocenters. The molecule has 1 aromatic heterocycles. The number of carbonyl (C=O) groups excluding carboxylic acids is 1. The summed E-state index contributed by atoms with van der Waals surface area (Å²) in [7, 11) is 1.56. The highest BCUT2D eigenvalue weighted by molar-refractivity contribution is 5.95. The number of rotatable bonds is 3. The number of aryl methyl sites for hydroxylation is 1. The Bertz CT molecular complexity index is 450. The quantitative estimate of drug-likeness (QED) is 0.683. The van der Waals surface area contributed by atoms with Crippen molar-refractivity contribution in [1.82, 2.24) is 9.88 Å². The summed E-state index contributed by atoms with van der Waals surface area (Å²) in [6.07, 6.45) is 1.44. The zero-order valence-corrected chi connectivity index (χ0v) is 8.06. The first-order valence-electron chi connectivity index (χ1n) is 4.17. The Labute approximate surface area is 85.1 Å². The van der Waals surface area contributed by atoms with E-state index >= 15 is 0 Å². The van der Waals surface area contributed by atoms with Crippen molar-refractivity contribution in [1.29, 1.82) is 0 Å². The fourth-order valence-electron chi connectivity index (χ4n) is 0.948. The monoisotopic (exact) mass is 210 g/mol. The van der Waals surface area contributed by atoms with Gasteiger partial charge in [-0.15, -0.1) is 0 Å². The van der Waals surface area contributed by atoms with E-state index in [9.17, 15) is 14.4 Å². The molecule has 0 aliphatic rings. The molecule has 0 unspecified atom stereocenters. The van der Waals surface area contributed by atoms with Crippen LogP contribution in [0, 0.1) is 0 Å². The molecule has 1 amide bonds. The molecule has 80 valence electrons. The topological polar surface area (TPSA) is 88.4 Å². The predicted octanol–water partition coefficient (Wildman–Crippen LogP) is -0.800. The summed E-state index contributed by atoms with van der Waals surface area (Å²) in [5.74, 6) is -1.71. The van der Waals surface area contributed by atoms with Gasteiger partial charge in [0.1, 0.15) is 6.54 Å². The minimum absolute atomic E-state index is 0.152. The molecule has 0 aromatic carbocycles. The Morgan fingerprint density at radius 3 is 2.73 bits per heavy atom. The first-order valence-corrected chi connectivity index (χ1v) is 4.17. The maximum Gasteiger partial charge on any atom is 0.322 e. The summed E-state index contributed by atoms with van der Waals surface area (Å²) >= 11 is 0. The van der Waals surface area contributed by atoms with Crippen LogP contribution in [0.25, 0.3) is 0 Å². The highest BCUT2D eigenvalue weighted by Crippen LogP contribution is 1.93. The molecule has 0 aliphatic carbocycles. The number of carbonyl (C=O) groups is 2. The average Bonchev–Trinajstić information content (AvgIpc) is 2.18. The Balaban J connectivity index is 2.79. The molecule has 1 heterocycles. The second-order valence-corrected chi connectivity index (χ2v) is 2.94. The summed E-state index contributed by atoms with van der Waals surface area (Å²) < 4.78 is 1.31. The molecule has 0 saturated carbocycles. The molecule has 1 rings (SSSR count). The lowest BCUT2D eigenvalue weighted by atomic mass is 10.2. The molecule has 2 N–H and O–H groups in total. The lowest BCUT2D eigenvalue weighted by Gasteiger charge is -2.02. The van der Waals surface area contributed by atoms with E-state index in [0.717, 1.165) is 6.07 Å². The minimum atomic E-state index is -1.13. The van der Waals surface area contributed by atoms with Crippen LogP contribution >= 0.6 is 0 Å². The lowest BCUT2D eigenvalue weighted by Crippen LogP contribution is -2.30. The molecule has 6 heteroatoms. The van der Waals surface area contributed by atoms with Crippen molar-refractivity contribution in [3.05, 3.63) is 34.2 Å². The zero-order chi connectivity index (χ0) is 11.4. The van der Waals surface area contributed by atoms with Gasteiger partial charge in [-0.1, -0.05) is 0 Å². The van der Waals surface area contributed by atoms with Crippen LogP contribution in [0.3, 0.4) is 0 Å². The van der Waals surface area contributed by atoms with Gasteiger partial charge in [-0.2, -0.15) is 0 Å². The number of carboxylic acids is 1. The molecule has 0 spiro atoms. The molecular formula is C9H10N2O4. The van der Waals surface area contributed by atoms with Crippen LogP contribution in [0.5, 0.6) is 0 Å². The van der Waals surface area contributed by atoms with Crippen LogP contribution in [0.4, 0.5) is 0 Å². The number of amides is 1. The number of hydrogen-bond donors (Lipinski definition) is 2. The van der Waals surface area contributed by atoms with Crippen molar-refractivity contribution in [3.63, 3.8) is 0 Å². The highest BCUT2D eigenvalue weighted by Gasteiger charge is 2.07. The molecule has 0 radical (unpaired) electrons. The maximum absolute atomic E-state index is 11.3.